The maximum atomic E-state index is 11.6. The first-order valence-electron chi connectivity index (χ1n) is 5.91. The largest absolute Gasteiger partial charge is 0.465 e. The number of carbonyl (C=O) groups excluding carboxylic acids is 1. The van der Waals surface area contributed by atoms with Crippen molar-refractivity contribution in [3.8, 4) is 0 Å². The molecule has 7 heteroatoms. The number of ether oxygens (including phenoxy) is 2. The fourth-order valence-electron chi connectivity index (χ4n) is 2.22. The zero-order chi connectivity index (χ0) is 13.4. The van der Waals surface area contributed by atoms with E-state index in [1.165, 1.54) is 13.2 Å². The fraction of sp³-hybridized carbons (Fsp3) is 0.417. The number of nitrogens with zero attached hydrogens (tertiary/aromatic N) is 3. The quantitative estimate of drug-likeness (QED) is 0.784. The van der Waals surface area contributed by atoms with Crippen LogP contribution in [0.3, 0.4) is 0 Å². The summed E-state index contributed by atoms with van der Waals surface area (Å²) in [6, 6.07) is 1.53. The maximum Gasteiger partial charge on any atom is 0.339 e. The van der Waals surface area contributed by atoms with E-state index in [0.717, 1.165) is 12.2 Å². The van der Waals surface area contributed by atoms with Gasteiger partial charge in [0.1, 0.15) is 5.82 Å². The first-order chi connectivity index (χ1) is 9.20. The van der Waals surface area contributed by atoms with Gasteiger partial charge in [-0.3, -0.25) is 4.40 Å². The zero-order valence-corrected chi connectivity index (χ0v) is 11.1. The van der Waals surface area contributed by atoms with Crippen molar-refractivity contribution in [1.29, 1.82) is 0 Å². The molecule has 1 unspecified atom stereocenters. The topological polar surface area (TPSA) is 65.7 Å². The van der Waals surface area contributed by atoms with Gasteiger partial charge < -0.3 is 9.47 Å². The molecule has 0 amide bonds. The summed E-state index contributed by atoms with van der Waals surface area (Å²) in [5, 5.41) is 8.60. The average molecular weight is 282 g/mol. The predicted molar refractivity (Wildman–Crippen MR) is 67.5 cm³/mol. The van der Waals surface area contributed by atoms with Crippen molar-refractivity contribution in [3.63, 3.8) is 0 Å². The van der Waals surface area contributed by atoms with Gasteiger partial charge in [-0.15, -0.1) is 10.2 Å². The van der Waals surface area contributed by atoms with Gasteiger partial charge in [0.15, 0.2) is 5.65 Å². The van der Waals surface area contributed by atoms with Crippen LogP contribution in [0.2, 0.25) is 5.02 Å². The highest BCUT2D eigenvalue weighted by Crippen LogP contribution is 2.27. The number of pyridine rings is 1. The lowest BCUT2D eigenvalue weighted by atomic mass is 10.1. The Morgan fingerprint density at radius 1 is 1.58 bits per heavy atom. The molecule has 0 saturated carbocycles. The number of fused-ring (bicyclic) bond motifs is 1. The number of carbonyl (C=O) groups is 1. The van der Waals surface area contributed by atoms with Gasteiger partial charge in [0.2, 0.25) is 0 Å². The number of hydrogen-bond acceptors (Lipinski definition) is 5. The van der Waals surface area contributed by atoms with Crippen molar-refractivity contribution in [3.05, 3.63) is 28.7 Å². The second kappa shape index (κ2) is 4.79. The molecule has 1 atom stereocenters. The molecule has 2 aromatic rings. The molecule has 100 valence electrons. The van der Waals surface area contributed by atoms with Crippen molar-refractivity contribution in [2.24, 2.45) is 0 Å². The van der Waals surface area contributed by atoms with Crippen LogP contribution in [0.5, 0.6) is 0 Å². The summed E-state index contributed by atoms with van der Waals surface area (Å²) >= 11 is 6.12. The first-order valence-corrected chi connectivity index (χ1v) is 6.28. The number of esters is 1. The normalized spacial score (nSPS) is 18.9. The molecule has 19 heavy (non-hydrogen) atoms. The van der Waals surface area contributed by atoms with E-state index >= 15 is 0 Å². The highest BCUT2D eigenvalue weighted by atomic mass is 35.5. The summed E-state index contributed by atoms with van der Waals surface area (Å²) in [5.74, 6) is 0.505. The summed E-state index contributed by atoms with van der Waals surface area (Å²) in [7, 11) is 1.33. The SMILES string of the molecule is COC(=O)c1cc(Cl)c2nnc(C3CCOC3)n2c1. The molecule has 3 heterocycles. The monoisotopic (exact) mass is 281 g/mol. The van der Waals surface area contributed by atoms with Crippen LogP contribution in [0.25, 0.3) is 5.65 Å². The average Bonchev–Trinajstić information content (AvgIpc) is 3.05. The van der Waals surface area contributed by atoms with E-state index < -0.39 is 5.97 Å². The van der Waals surface area contributed by atoms with Crippen LogP contribution in [0.15, 0.2) is 12.3 Å². The lowest BCUT2D eigenvalue weighted by Gasteiger charge is -2.07. The number of hydrogen-bond donors (Lipinski definition) is 0. The Kier molecular flexibility index (Phi) is 3.12. The van der Waals surface area contributed by atoms with E-state index in [0.29, 0.717) is 29.4 Å². The van der Waals surface area contributed by atoms with Crippen LogP contribution in [-0.2, 0) is 9.47 Å². The molecule has 2 aromatic heterocycles. The van der Waals surface area contributed by atoms with Crippen LogP contribution < -0.4 is 0 Å². The molecule has 1 saturated heterocycles. The summed E-state index contributed by atoms with van der Waals surface area (Å²) in [6.45, 7) is 1.32. The Bertz CT molecular complexity index is 634. The first kappa shape index (κ1) is 12.4. The van der Waals surface area contributed by atoms with Gasteiger partial charge in [-0.25, -0.2) is 4.79 Å². The summed E-state index contributed by atoms with van der Waals surface area (Å²) in [6.07, 6.45) is 2.54. The highest BCUT2D eigenvalue weighted by molar-refractivity contribution is 6.33. The van der Waals surface area contributed by atoms with Gasteiger partial charge in [-0.1, -0.05) is 11.6 Å². The minimum Gasteiger partial charge on any atom is -0.465 e. The molecule has 1 aliphatic heterocycles. The molecule has 6 nitrogen and oxygen atoms in total. The molecule has 0 aromatic carbocycles. The zero-order valence-electron chi connectivity index (χ0n) is 10.3. The third kappa shape index (κ3) is 2.06. The Morgan fingerprint density at radius 2 is 2.42 bits per heavy atom. The van der Waals surface area contributed by atoms with Gasteiger partial charge in [0.25, 0.3) is 0 Å². The third-order valence-electron chi connectivity index (χ3n) is 3.20. The predicted octanol–water partition coefficient (Wildman–Crippen LogP) is 1.67. The van der Waals surface area contributed by atoms with Crippen LogP contribution in [-0.4, -0.2) is 40.9 Å². The minimum absolute atomic E-state index is 0.180. The third-order valence-corrected chi connectivity index (χ3v) is 3.48. The van der Waals surface area contributed by atoms with Crippen LogP contribution in [0.1, 0.15) is 28.5 Å². The maximum absolute atomic E-state index is 11.6. The van der Waals surface area contributed by atoms with Crippen molar-refractivity contribution in [1.82, 2.24) is 14.6 Å². The van der Waals surface area contributed by atoms with Crippen LogP contribution >= 0.6 is 11.6 Å². The second-order valence-electron chi connectivity index (χ2n) is 4.38. The molecular formula is C12H12ClN3O3. The van der Waals surface area contributed by atoms with Gasteiger partial charge in [0.05, 0.1) is 24.3 Å². The fourth-order valence-corrected chi connectivity index (χ4v) is 2.46. The number of rotatable bonds is 2. The molecule has 0 bridgehead atoms. The van der Waals surface area contributed by atoms with Gasteiger partial charge in [-0.05, 0) is 12.5 Å². The standard InChI is InChI=1S/C12H12ClN3O3/c1-18-12(17)8-4-9(13)11-15-14-10(16(11)5-8)7-2-3-19-6-7/h4-5,7H,2-3,6H2,1H3. The van der Waals surface area contributed by atoms with Crippen molar-refractivity contribution in [2.45, 2.75) is 12.3 Å². The molecule has 0 N–H and O–H groups in total. The lowest BCUT2D eigenvalue weighted by Crippen LogP contribution is -2.07. The molecule has 0 aliphatic carbocycles. The summed E-state index contributed by atoms with van der Waals surface area (Å²) in [5.41, 5.74) is 0.913. The summed E-state index contributed by atoms with van der Waals surface area (Å²) < 4.78 is 11.8. The van der Waals surface area contributed by atoms with E-state index in [1.54, 1.807) is 10.6 Å². The Hall–Kier alpha value is -1.66. The molecule has 1 aliphatic rings. The molecule has 1 fully saturated rings. The van der Waals surface area contributed by atoms with Gasteiger partial charge >= 0.3 is 5.97 Å². The smallest absolute Gasteiger partial charge is 0.339 e. The van der Waals surface area contributed by atoms with E-state index in [9.17, 15) is 4.79 Å². The minimum atomic E-state index is -0.439. The lowest BCUT2D eigenvalue weighted by molar-refractivity contribution is 0.0600. The molecule has 0 spiro atoms. The van der Waals surface area contributed by atoms with Gasteiger partial charge in [0, 0.05) is 18.7 Å². The van der Waals surface area contributed by atoms with Crippen molar-refractivity contribution >= 4 is 23.2 Å². The van der Waals surface area contributed by atoms with Gasteiger partial charge in [-0.2, -0.15) is 0 Å². The highest BCUT2D eigenvalue weighted by Gasteiger charge is 2.24. The Morgan fingerprint density at radius 3 is 3.11 bits per heavy atom. The van der Waals surface area contributed by atoms with E-state index in [2.05, 4.69) is 10.2 Å². The Labute approximate surface area is 114 Å². The second-order valence-corrected chi connectivity index (χ2v) is 4.79. The van der Waals surface area contributed by atoms with E-state index in [1.807, 2.05) is 0 Å². The van der Waals surface area contributed by atoms with Crippen molar-refractivity contribution in [2.75, 3.05) is 20.3 Å². The van der Waals surface area contributed by atoms with E-state index in [-0.39, 0.29) is 5.92 Å². The van der Waals surface area contributed by atoms with E-state index in [4.69, 9.17) is 21.1 Å². The van der Waals surface area contributed by atoms with Crippen LogP contribution in [0, 0.1) is 0 Å². The molecular weight excluding hydrogens is 270 g/mol. The Balaban J connectivity index is 2.14. The number of aromatic nitrogens is 3. The summed E-state index contributed by atoms with van der Waals surface area (Å²) in [4.78, 5) is 11.6. The number of methoxy groups -OCH3 is 1. The number of halogens is 1. The molecule has 3 rings (SSSR count). The molecule has 0 radical (unpaired) electrons. The van der Waals surface area contributed by atoms with Crippen molar-refractivity contribution < 1.29 is 14.3 Å². The van der Waals surface area contributed by atoms with Crippen LogP contribution in [0.4, 0.5) is 0 Å².